The van der Waals surface area contributed by atoms with Gasteiger partial charge in [-0.2, -0.15) is 0 Å². The summed E-state index contributed by atoms with van der Waals surface area (Å²) >= 11 is 0. The maximum atomic E-state index is 4.36. The van der Waals surface area contributed by atoms with Gasteiger partial charge in [-0.25, -0.2) is 0 Å². The molecule has 20 heavy (non-hydrogen) atoms. The molecule has 0 aromatic heterocycles. The Hall–Kier alpha value is -2.09. The van der Waals surface area contributed by atoms with Gasteiger partial charge >= 0.3 is 0 Å². The van der Waals surface area contributed by atoms with E-state index in [0.29, 0.717) is 5.92 Å². The van der Waals surface area contributed by atoms with E-state index in [0.717, 1.165) is 18.0 Å². The van der Waals surface area contributed by atoms with Crippen LogP contribution in [0.1, 0.15) is 20.3 Å². The van der Waals surface area contributed by atoms with Crippen molar-refractivity contribution < 1.29 is 0 Å². The van der Waals surface area contributed by atoms with Crippen molar-refractivity contribution in [3.05, 3.63) is 71.5 Å². The van der Waals surface area contributed by atoms with Crippen molar-refractivity contribution in [3.63, 3.8) is 0 Å². The molecule has 0 saturated carbocycles. The zero-order valence-electron chi connectivity index (χ0n) is 12.4. The van der Waals surface area contributed by atoms with Crippen molar-refractivity contribution >= 4 is 5.84 Å². The molecule has 0 spiro atoms. The summed E-state index contributed by atoms with van der Waals surface area (Å²) < 4.78 is 0. The molecule has 2 aliphatic rings. The predicted molar refractivity (Wildman–Crippen MR) is 87.6 cm³/mol. The van der Waals surface area contributed by atoms with Crippen molar-refractivity contribution in [1.82, 2.24) is 5.32 Å². The lowest BCUT2D eigenvalue weighted by atomic mass is 9.96. The van der Waals surface area contributed by atoms with Gasteiger partial charge in [0.05, 0.1) is 0 Å². The third-order valence-electron chi connectivity index (χ3n) is 3.53. The molecule has 104 valence electrons. The van der Waals surface area contributed by atoms with E-state index in [1.807, 2.05) is 7.05 Å². The minimum Gasteiger partial charge on any atom is -0.341 e. The van der Waals surface area contributed by atoms with Crippen LogP contribution in [0.15, 0.2) is 76.5 Å². The fourth-order valence-electron chi connectivity index (χ4n) is 2.17. The summed E-state index contributed by atoms with van der Waals surface area (Å²) in [6.07, 6.45) is 20.0. The van der Waals surface area contributed by atoms with Gasteiger partial charge in [-0.05, 0) is 42.6 Å². The van der Waals surface area contributed by atoms with Gasteiger partial charge in [-0.15, -0.1) is 0 Å². The fraction of sp³-hybridized carbons (Fsp3) is 0.278. The second kappa shape index (κ2) is 6.90. The molecule has 2 rings (SSSR count). The highest BCUT2D eigenvalue weighted by Gasteiger charge is 2.08. The van der Waals surface area contributed by atoms with E-state index in [1.165, 1.54) is 11.1 Å². The smallest absolute Gasteiger partial charge is 0.125 e. The van der Waals surface area contributed by atoms with Crippen LogP contribution in [0.4, 0.5) is 0 Å². The number of nitrogens with zero attached hydrogens (tertiary/aromatic N) is 1. The Labute approximate surface area is 121 Å². The summed E-state index contributed by atoms with van der Waals surface area (Å²) in [7, 11) is 1.82. The van der Waals surface area contributed by atoms with Crippen LogP contribution in [-0.4, -0.2) is 12.9 Å². The second-order valence-electron chi connectivity index (χ2n) is 5.10. The van der Waals surface area contributed by atoms with Gasteiger partial charge in [0.2, 0.25) is 0 Å². The van der Waals surface area contributed by atoms with Gasteiger partial charge in [-0.3, -0.25) is 4.99 Å². The molecule has 1 atom stereocenters. The third kappa shape index (κ3) is 3.70. The van der Waals surface area contributed by atoms with Crippen LogP contribution in [0, 0.1) is 5.92 Å². The van der Waals surface area contributed by atoms with E-state index >= 15 is 0 Å². The molecule has 0 saturated heterocycles. The molecule has 0 bridgehead atoms. The van der Waals surface area contributed by atoms with Crippen LogP contribution in [0.5, 0.6) is 0 Å². The first-order valence-electron chi connectivity index (χ1n) is 7.04. The molecule has 2 heteroatoms. The maximum Gasteiger partial charge on any atom is 0.125 e. The molecule has 2 nitrogen and oxygen atoms in total. The van der Waals surface area contributed by atoms with Gasteiger partial charge in [-0.1, -0.05) is 49.5 Å². The Morgan fingerprint density at radius 1 is 1.25 bits per heavy atom. The van der Waals surface area contributed by atoms with Crippen molar-refractivity contribution in [2.75, 3.05) is 7.05 Å². The van der Waals surface area contributed by atoms with E-state index in [-0.39, 0.29) is 0 Å². The number of hydrogen-bond acceptors (Lipinski definition) is 1. The Morgan fingerprint density at radius 2 is 2.05 bits per heavy atom. The summed E-state index contributed by atoms with van der Waals surface area (Å²) in [5.74, 6) is 1.33. The number of rotatable bonds is 2. The Morgan fingerprint density at radius 3 is 2.80 bits per heavy atom. The lowest BCUT2D eigenvalue weighted by Crippen LogP contribution is -2.22. The summed E-state index contributed by atoms with van der Waals surface area (Å²) in [5, 5.41) is 3.43. The Kier molecular flexibility index (Phi) is 4.94. The quantitative estimate of drug-likeness (QED) is 0.591. The van der Waals surface area contributed by atoms with Crippen LogP contribution in [0.3, 0.4) is 0 Å². The number of hydrogen-bond donors (Lipinski definition) is 1. The molecular weight excluding hydrogens is 244 g/mol. The van der Waals surface area contributed by atoms with Crippen molar-refractivity contribution in [2.24, 2.45) is 10.9 Å². The summed E-state index contributed by atoms with van der Waals surface area (Å²) in [4.78, 5) is 4.36. The largest absolute Gasteiger partial charge is 0.341 e. The molecule has 0 heterocycles. The van der Waals surface area contributed by atoms with Gasteiger partial charge in [0.25, 0.3) is 0 Å². The summed E-state index contributed by atoms with van der Waals surface area (Å²) in [6, 6.07) is 0. The standard InChI is InChI=1S/C18H22N2/c1-14-9-7-8-11-16(14)13-18(19-3)20-17-12-6-4-5-10-15(17)2/h4-9,11-14H,10H2,1-3H3,(H,19,20). The van der Waals surface area contributed by atoms with Gasteiger partial charge in [0.1, 0.15) is 5.84 Å². The lowest BCUT2D eigenvalue weighted by molar-refractivity contribution is 0.883. The van der Waals surface area contributed by atoms with Gasteiger partial charge in [0, 0.05) is 12.7 Å². The third-order valence-corrected chi connectivity index (χ3v) is 3.53. The highest BCUT2D eigenvalue weighted by Crippen LogP contribution is 2.18. The van der Waals surface area contributed by atoms with Crippen LogP contribution in [-0.2, 0) is 0 Å². The Bertz CT molecular complexity index is 566. The molecule has 0 aliphatic heterocycles. The second-order valence-corrected chi connectivity index (χ2v) is 5.10. The van der Waals surface area contributed by atoms with Crippen molar-refractivity contribution in [3.8, 4) is 0 Å². The molecule has 0 aromatic rings. The topological polar surface area (TPSA) is 24.4 Å². The number of amidine groups is 1. The van der Waals surface area contributed by atoms with E-state index < -0.39 is 0 Å². The normalized spacial score (nSPS) is 24.4. The SMILES string of the molecule is CN=C(C=C1C=CC=CC1C)NC1=C(C)CC=CC=C1. The van der Waals surface area contributed by atoms with Crippen molar-refractivity contribution in [1.29, 1.82) is 0 Å². The van der Waals surface area contributed by atoms with Gasteiger partial charge < -0.3 is 5.32 Å². The molecule has 0 amide bonds. The van der Waals surface area contributed by atoms with E-state index in [4.69, 9.17) is 0 Å². The van der Waals surface area contributed by atoms with E-state index in [9.17, 15) is 0 Å². The predicted octanol–water partition coefficient (Wildman–Crippen LogP) is 4.08. The maximum absolute atomic E-state index is 4.36. The van der Waals surface area contributed by atoms with E-state index in [2.05, 4.69) is 78.8 Å². The van der Waals surface area contributed by atoms with Crippen LogP contribution >= 0.6 is 0 Å². The zero-order valence-corrected chi connectivity index (χ0v) is 12.4. The zero-order chi connectivity index (χ0) is 14.4. The minimum atomic E-state index is 0.431. The highest BCUT2D eigenvalue weighted by atomic mass is 15.0. The van der Waals surface area contributed by atoms with E-state index in [1.54, 1.807) is 0 Å². The van der Waals surface area contributed by atoms with Gasteiger partial charge in [0.15, 0.2) is 0 Å². The average molecular weight is 266 g/mol. The fourth-order valence-corrected chi connectivity index (χ4v) is 2.17. The minimum absolute atomic E-state index is 0.431. The molecule has 0 radical (unpaired) electrons. The molecule has 1 unspecified atom stereocenters. The highest BCUT2D eigenvalue weighted by molar-refractivity contribution is 5.95. The average Bonchev–Trinajstić information content (AvgIpc) is 2.65. The van der Waals surface area contributed by atoms with Crippen LogP contribution < -0.4 is 5.32 Å². The van der Waals surface area contributed by atoms with Crippen LogP contribution in [0.25, 0.3) is 0 Å². The first-order valence-corrected chi connectivity index (χ1v) is 7.04. The number of aliphatic imine (C=N–C) groups is 1. The number of nitrogens with one attached hydrogen (secondary N) is 1. The van der Waals surface area contributed by atoms with Crippen LogP contribution in [0.2, 0.25) is 0 Å². The molecule has 2 aliphatic carbocycles. The Balaban J connectivity index is 2.17. The molecule has 0 fully saturated rings. The first kappa shape index (κ1) is 14.3. The monoisotopic (exact) mass is 266 g/mol. The summed E-state index contributed by atoms with van der Waals surface area (Å²) in [5.41, 5.74) is 3.73. The molecule has 1 N–H and O–H groups in total. The summed E-state index contributed by atoms with van der Waals surface area (Å²) in [6.45, 7) is 4.34. The van der Waals surface area contributed by atoms with Crippen molar-refractivity contribution in [2.45, 2.75) is 20.3 Å². The number of allylic oxidation sites excluding steroid dienone is 10. The lowest BCUT2D eigenvalue weighted by Gasteiger charge is -2.14. The molecular formula is C18H22N2. The molecule has 0 aromatic carbocycles. The first-order chi connectivity index (χ1) is 9.70.